The van der Waals surface area contributed by atoms with Gasteiger partial charge in [0, 0.05) is 12.3 Å². The van der Waals surface area contributed by atoms with Crippen LogP contribution in [-0.4, -0.2) is 55.1 Å². The number of carbonyl (C=O) groups excluding carboxylic acids is 1. The average molecular weight is 408 g/mol. The average Bonchev–Trinajstić information content (AvgIpc) is 3.15. The molecule has 0 radical (unpaired) electrons. The lowest BCUT2D eigenvalue weighted by Gasteiger charge is -2.20. The zero-order chi connectivity index (χ0) is 19.9. The monoisotopic (exact) mass is 408 g/mol. The zero-order valence-electron chi connectivity index (χ0n) is 14.6. The van der Waals surface area contributed by atoms with Crippen molar-refractivity contribution >= 4 is 16.1 Å². The number of ether oxygens (including phenoxy) is 3. The van der Waals surface area contributed by atoms with Crippen molar-refractivity contribution in [2.24, 2.45) is 0 Å². The zero-order valence-corrected chi connectivity index (χ0v) is 15.4. The highest BCUT2D eigenvalue weighted by Gasteiger charge is 2.54. The maximum Gasteiger partial charge on any atom is 0.338 e. The fraction of sp³-hybridized carbons (Fsp3) is 0.353. The first-order valence-corrected chi connectivity index (χ1v) is 10.2. The molecule has 0 saturated carbocycles. The number of nitrogens with zero attached hydrogens (tertiary/aromatic N) is 2. The smallest absolute Gasteiger partial charge is 0.338 e. The van der Waals surface area contributed by atoms with Gasteiger partial charge in [-0.15, -0.1) is 0 Å². The molecule has 2 aliphatic heterocycles. The number of rotatable bonds is 5. The highest BCUT2D eigenvalue weighted by atomic mass is 32.2. The summed E-state index contributed by atoms with van der Waals surface area (Å²) in [6, 6.07) is 9.58. The summed E-state index contributed by atoms with van der Waals surface area (Å²) in [5.41, 5.74) is -0.149. The van der Waals surface area contributed by atoms with Crippen LogP contribution in [0.2, 0.25) is 0 Å². The van der Waals surface area contributed by atoms with Crippen LogP contribution in [-0.2, 0) is 23.8 Å². The van der Waals surface area contributed by atoms with Gasteiger partial charge in [0.15, 0.2) is 12.3 Å². The largest absolute Gasteiger partial charge is 0.459 e. The molecule has 10 nitrogen and oxygen atoms in total. The Morgan fingerprint density at radius 2 is 2.00 bits per heavy atom. The van der Waals surface area contributed by atoms with E-state index in [1.807, 2.05) is 0 Å². The minimum Gasteiger partial charge on any atom is -0.459 e. The molecule has 2 aromatic rings. The Bertz CT molecular complexity index is 1050. The number of aromatic nitrogens is 2. The SMILES string of the molecule is CS(=O)(=O)OC1C(COC(=O)c2ccccc2)OC2C1Oc1nc(=O)ccn12. The van der Waals surface area contributed by atoms with E-state index in [1.54, 1.807) is 30.3 Å². The molecule has 0 spiro atoms. The molecule has 0 aliphatic carbocycles. The first kappa shape index (κ1) is 18.6. The van der Waals surface area contributed by atoms with Crippen LogP contribution in [0.4, 0.5) is 0 Å². The standard InChI is InChI=1S/C17H16N2O8S/c1-28(22,23)27-13-11(9-24-16(21)10-5-3-2-4-6-10)25-15-14(13)26-17-18-12(20)7-8-19(15)17/h2-8,11,13-15H,9H2,1H3. The quantitative estimate of drug-likeness (QED) is 0.501. The van der Waals surface area contributed by atoms with Crippen molar-refractivity contribution in [2.75, 3.05) is 12.9 Å². The van der Waals surface area contributed by atoms with E-state index >= 15 is 0 Å². The lowest BCUT2D eigenvalue weighted by molar-refractivity contribution is -0.0466. The van der Waals surface area contributed by atoms with Crippen LogP contribution in [0, 0.1) is 0 Å². The fourth-order valence-electron chi connectivity index (χ4n) is 3.12. The summed E-state index contributed by atoms with van der Waals surface area (Å²) >= 11 is 0. The van der Waals surface area contributed by atoms with Gasteiger partial charge >= 0.3 is 12.0 Å². The molecule has 4 rings (SSSR count). The molecule has 4 atom stereocenters. The molecule has 2 aliphatic rings. The number of fused-ring (bicyclic) bond motifs is 3. The Morgan fingerprint density at radius 3 is 2.71 bits per heavy atom. The molecular formula is C17H16N2O8S. The number of hydrogen-bond acceptors (Lipinski definition) is 9. The topological polar surface area (TPSA) is 123 Å². The molecular weight excluding hydrogens is 392 g/mol. The fourth-order valence-corrected chi connectivity index (χ4v) is 3.76. The van der Waals surface area contributed by atoms with Crippen molar-refractivity contribution in [3.63, 3.8) is 0 Å². The third kappa shape index (κ3) is 3.63. The number of carbonyl (C=O) groups is 1. The summed E-state index contributed by atoms with van der Waals surface area (Å²) in [7, 11) is -3.86. The summed E-state index contributed by atoms with van der Waals surface area (Å²) in [6.07, 6.45) is -1.29. The maximum atomic E-state index is 12.2. The van der Waals surface area contributed by atoms with E-state index in [4.69, 9.17) is 18.4 Å². The molecule has 1 aromatic carbocycles. The predicted octanol–water partition coefficient (Wildman–Crippen LogP) is 0.103. The minimum atomic E-state index is -3.86. The molecule has 4 unspecified atom stereocenters. The third-order valence-corrected chi connectivity index (χ3v) is 4.85. The molecule has 11 heteroatoms. The van der Waals surface area contributed by atoms with Gasteiger partial charge in [0.2, 0.25) is 0 Å². The van der Waals surface area contributed by atoms with Gasteiger partial charge in [0.25, 0.3) is 15.7 Å². The normalized spacial score (nSPS) is 25.6. The summed E-state index contributed by atoms with van der Waals surface area (Å²) in [5, 5.41) is 0. The number of benzene rings is 1. The van der Waals surface area contributed by atoms with Gasteiger partial charge in [0.1, 0.15) is 18.8 Å². The van der Waals surface area contributed by atoms with E-state index in [2.05, 4.69) is 4.98 Å². The van der Waals surface area contributed by atoms with E-state index in [-0.39, 0.29) is 12.6 Å². The van der Waals surface area contributed by atoms with Crippen LogP contribution >= 0.6 is 0 Å². The van der Waals surface area contributed by atoms with Crippen molar-refractivity contribution in [2.45, 2.75) is 24.5 Å². The van der Waals surface area contributed by atoms with Crippen molar-refractivity contribution < 1.29 is 31.6 Å². The molecule has 28 heavy (non-hydrogen) atoms. The van der Waals surface area contributed by atoms with Crippen molar-refractivity contribution in [1.82, 2.24) is 9.55 Å². The maximum absolute atomic E-state index is 12.2. The minimum absolute atomic E-state index is 0.00401. The number of esters is 1. The first-order chi connectivity index (χ1) is 13.3. The van der Waals surface area contributed by atoms with Gasteiger partial charge in [-0.05, 0) is 12.1 Å². The van der Waals surface area contributed by atoms with Crippen LogP contribution in [0.15, 0.2) is 47.4 Å². The Hall–Kier alpha value is -2.76. The van der Waals surface area contributed by atoms with Gasteiger partial charge < -0.3 is 14.2 Å². The van der Waals surface area contributed by atoms with Crippen LogP contribution in [0.25, 0.3) is 0 Å². The lowest BCUT2D eigenvalue weighted by atomic mass is 10.1. The second kappa shape index (κ2) is 7.00. The number of hydrogen-bond donors (Lipinski definition) is 0. The van der Waals surface area contributed by atoms with Crippen molar-refractivity contribution in [3.05, 3.63) is 58.5 Å². The van der Waals surface area contributed by atoms with Crippen LogP contribution < -0.4 is 10.3 Å². The van der Waals surface area contributed by atoms with Crippen LogP contribution in [0.5, 0.6) is 6.01 Å². The second-order valence-electron chi connectivity index (χ2n) is 6.33. The van der Waals surface area contributed by atoms with Gasteiger partial charge in [0.05, 0.1) is 11.8 Å². The van der Waals surface area contributed by atoms with Gasteiger partial charge in [-0.2, -0.15) is 13.4 Å². The van der Waals surface area contributed by atoms with E-state index in [1.165, 1.54) is 16.8 Å². The van der Waals surface area contributed by atoms with E-state index in [9.17, 15) is 18.0 Å². The third-order valence-electron chi connectivity index (χ3n) is 4.28. The van der Waals surface area contributed by atoms with Gasteiger partial charge in [-0.1, -0.05) is 18.2 Å². The van der Waals surface area contributed by atoms with E-state index < -0.39 is 46.2 Å². The van der Waals surface area contributed by atoms with Crippen LogP contribution in [0.1, 0.15) is 16.6 Å². The summed E-state index contributed by atoms with van der Waals surface area (Å²) < 4.78 is 46.7. The molecule has 3 heterocycles. The van der Waals surface area contributed by atoms with E-state index in [0.29, 0.717) is 5.56 Å². The molecule has 0 amide bonds. The molecule has 1 fully saturated rings. The molecule has 1 saturated heterocycles. The van der Waals surface area contributed by atoms with Crippen molar-refractivity contribution in [3.8, 4) is 6.01 Å². The van der Waals surface area contributed by atoms with Gasteiger partial charge in [-0.25, -0.2) is 4.79 Å². The lowest BCUT2D eigenvalue weighted by Crippen LogP contribution is -2.40. The van der Waals surface area contributed by atoms with Crippen molar-refractivity contribution in [1.29, 1.82) is 0 Å². The highest BCUT2D eigenvalue weighted by molar-refractivity contribution is 7.86. The summed E-state index contributed by atoms with van der Waals surface area (Å²) in [5.74, 6) is -0.578. The Balaban J connectivity index is 1.54. The summed E-state index contributed by atoms with van der Waals surface area (Å²) in [4.78, 5) is 27.3. The Morgan fingerprint density at radius 1 is 1.25 bits per heavy atom. The molecule has 1 aromatic heterocycles. The molecule has 0 N–H and O–H groups in total. The first-order valence-electron chi connectivity index (χ1n) is 8.33. The van der Waals surface area contributed by atoms with E-state index in [0.717, 1.165) is 6.26 Å². The highest BCUT2D eigenvalue weighted by Crippen LogP contribution is 2.40. The van der Waals surface area contributed by atoms with Crippen LogP contribution in [0.3, 0.4) is 0 Å². The Labute approximate surface area is 159 Å². The predicted molar refractivity (Wildman–Crippen MR) is 93.3 cm³/mol. The second-order valence-corrected chi connectivity index (χ2v) is 7.93. The summed E-state index contributed by atoms with van der Waals surface area (Å²) in [6.45, 7) is -0.243. The van der Waals surface area contributed by atoms with Gasteiger partial charge in [-0.3, -0.25) is 13.5 Å². The molecule has 0 bridgehead atoms. The Kier molecular flexibility index (Phi) is 4.65. The molecule has 148 valence electrons.